The Bertz CT molecular complexity index is 509. The molecule has 0 spiro atoms. The van der Waals surface area contributed by atoms with Crippen molar-refractivity contribution in [2.75, 3.05) is 32.0 Å². The third kappa shape index (κ3) is 4.07. The van der Waals surface area contributed by atoms with Crippen LogP contribution in [0, 0.1) is 0 Å². The lowest BCUT2D eigenvalue weighted by atomic mass is 10.2. The molecule has 1 atom stereocenters. The van der Waals surface area contributed by atoms with E-state index in [1.165, 1.54) is 12.6 Å². The fraction of sp³-hybridized carbons (Fsp3) is 0.667. The van der Waals surface area contributed by atoms with E-state index in [1.807, 2.05) is 6.92 Å². The minimum atomic E-state index is -0.214. The molecule has 1 amide bonds. The molecule has 0 saturated carbocycles. The maximum absolute atomic E-state index is 12.4. The van der Waals surface area contributed by atoms with Crippen LogP contribution in [0.4, 0.5) is 5.95 Å². The number of ether oxygens (including phenoxy) is 1. The molecule has 3 N–H and O–H groups in total. The van der Waals surface area contributed by atoms with Crippen molar-refractivity contribution in [3.05, 3.63) is 11.8 Å². The van der Waals surface area contributed by atoms with Crippen LogP contribution in [0.25, 0.3) is 0 Å². The molecule has 2 heterocycles. The van der Waals surface area contributed by atoms with E-state index in [-0.39, 0.29) is 17.7 Å². The summed E-state index contributed by atoms with van der Waals surface area (Å²) >= 11 is 0. The number of amides is 1. The zero-order valence-corrected chi connectivity index (χ0v) is 13.3. The van der Waals surface area contributed by atoms with Crippen molar-refractivity contribution >= 4 is 11.9 Å². The van der Waals surface area contributed by atoms with Crippen molar-refractivity contribution in [2.24, 2.45) is 0 Å². The topological polar surface area (TPSA) is 93.4 Å². The van der Waals surface area contributed by atoms with Crippen LogP contribution >= 0.6 is 0 Å². The van der Waals surface area contributed by atoms with Crippen LogP contribution in [-0.2, 0) is 0 Å². The SMILES string of the molecule is CCCOc1nc(N)ncc1C(=O)NC[C@@H]1CCCN1CC. The number of nitrogens with two attached hydrogens (primary N) is 1. The molecular formula is C15H25N5O2. The number of aromatic nitrogens is 2. The molecular weight excluding hydrogens is 282 g/mol. The molecule has 1 aromatic rings. The van der Waals surface area contributed by atoms with Gasteiger partial charge in [-0.1, -0.05) is 13.8 Å². The largest absolute Gasteiger partial charge is 0.477 e. The average Bonchev–Trinajstić information content (AvgIpc) is 2.98. The fourth-order valence-electron chi connectivity index (χ4n) is 2.69. The maximum atomic E-state index is 12.4. The highest BCUT2D eigenvalue weighted by atomic mass is 16.5. The molecule has 22 heavy (non-hydrogen) atoms. The summed E-state index contributed by atoms with van der Waals surface area (Å²) in [4.78, 5) is 22.7. The zero-order valence-electron chi connectivity index (χ0n) is 13.3. The molecule has 1 saturated heterocycles. The number of likely N-dealkylation sites (tertiary alicyclic amines) is 1. The van der Waals surface area contributed by atoms with Crippen molar-refractivity contribution in [2.45, 2.75) is 39.2 Å². The number of carbonyl (C=O) groups is 1. The first kappa shape index (κ1) is 16.5. The van der Waals surface area contributed by atoms with Crippen LogP contribution in [0.15, 0.2) is 6.20 Å². The fourth-order valence-corrected chi connectivity index (χ4v) is 2.69. The Morgan fingerprint density at radius 3 is 3.09 bits per heavy atom. The minimum Gasteiger partial charge on any atom is -0.477 e. The van der Waals surface area contributed by atoms with Crippen LogP contribution in [0.2, 0.25) is 0 Å². The molecule has 1 aliphatic rings. The van der Waals surface area contributed by atoms with Gasteiger partial charge in [0.2, 0.25) is 11.8 Å². The molecule has 122 valence electrons. The highest BCUT2D eigenvalue weighted by Crippen LogP contribution is 2.18. The predicted octanol–water partition coefficient (Wildman–Crippen LogP) is 1.06. The summed E-state index contributed by atoms with van der Waals surface area (Å²) in [6, 6.07) is 0.406. The molecule has 0 bridgehead atoms. The van der Waals surface area contributed by atoms with E-state index in [4.69, 9.17) is 10.5 Å². The summed E-state index contributed by atoms with van der Waals surface area (Å²) in [7, 11) is 0. The summed E-state index contributed by atoms with van der Waals surface area (Å²) in [5.41, 5.74) is 5.91. The molecule has 0 unspecified atom stereocenters. The highest BCUT2D eigenvalue weighted by molar-refractivity contribution is 5.96. The van der Waals surface area contributed by atoms with Crippen LogP contribution in [0.1, 0.15) is 43.5 Å². The molecule has 7 nitrogen and oxygen atoms in total. The Kier molecular flexibility index (Phi) is 5.94. The maximum Gasteiger partial charge on any atom is 0.258 e. The molecule has 0 aliphatic carbocycles. The van der Waals surface area contributed by atoms with Gasteiger partial charge in [-0.25, -0.2) is 4.98 Å². The van der Waals surface area contributed by atoms with Crippen molar-refractivity contribution in [3.8, 4) is 5.88 Å². The number of hydrogen-bond acceptors (Lipinski definition) is 6. The first-order chi connectivity index (χ1) is 10.7. The van der Waals surface area contributed by atoms with Gasteiger partial charge in [0.05, 0.1) is 6.61 Å². The summed E-state index contributed by atoms with van der Waals surface area (Å²) in [6.45, 7) is 7.37. The normalized spacial score (nSPS) is 18.4. The van der Waals surface area contributed by atoms with E-state index in [9.17, 15) is 4.79 Å². The van der Waals surface area contributed by atoms with E-state index in [0.717, 1.165) is 25.9 Å². The van der Waals surface area contributed by atoms with Crippen molar-refractivity contribution in [1.82, 2.24) is 20.2 Å². The number of nitrogens with one attached hydrogen (secondary N) is 1. The Balaban J connectivity index is 1.99. The molecule has 0 aromatic carbocycles. The highest BCUT2D eigenvalue weighted by Gasteiger charge is 2.24. The Hall–Kier alpha value is -1.89. The molecule has 2 rings (SSSR count). The van der Waals surface area contributed by atoms with Gasteiger partial charge in [-0.05, 0) is 32.4 Å². The first-order valence-electron chi connectivity index (χ1n) is 7.93. The number of nitrogens with zero attached hydrogens (tertiary/aromatic N) is 3. The number of rotatable bonds is 7. The van der Waals surface area contributed by atoms with E-state index in [2.05, 4.69) is 27.1 Å². The van der Waals surface area contributed by atoms with Gasteiger partial charge in [0.25, 0.3) is 5.91 Å². The second kappa shape index (κ2) is 7.93. The van der Waals surface area contributed by atoms with Crippen molar-refractivity contribution in [1.29, 1.82) is 0 Å². The summed E-state index contributed by atoms with van der Waals surface area (Å²) < 4.78 is 5.50. The third-order valence-corrected chi connectivity index (χ3v) is 3.86. The van der Waals surface area contributed by atoms with E-state index in [1.54, 1.807) is 0 Å². The minimum absolute atomic E-state index is 0.107. The van der Waals surface area contributed by atoms with E-state index < -0.39 is 0 Å². The number of carbonyl (C=O) groups excluding carboxylic acids is 1. The Labute approximate surface area is 131 Å². The lowest BCUT2D eigenvalue weighted by Crippen LogP contribution is -2.40. The average molecular weight is 307 g/mol. The Morgan fingerprint density at radius 1 is 1.55 bits per heavy atom. The van der Waals surface area contributed by atoms with Gasteiger partial charge in [0.15, 0.2) is 0 Å². The smallest absolute Gasteiger partial charge is 0.258 e. The monoisotopic (exact) mass is 307 g/mol. The number of anilines is 1. The van der Waals surface area contributed by atoms with Crippen molar-refractivity contribution in [3.63, 3.8) is 0 Å². The van der Waals surface area contributed by atoms with Crippen molar-refractivity contribution < 1.29 is 9.53 Å². The lowest BCUT2D eigenvalue weighted by molar-refractivity contribution is 0.0936. The molecule has 1 aliphatic heterocycles. The third-order valence-electron chi connectivity index (χ3n) is 3.86. The van der Waals surface area contributed by atoms with Crippen LogP contribution in [0.3, 0.4) is 0 Å². The summed E-state index contributed by atoms with van der Waals surface area (Å²) in [6.07, 6.45) is 4.56. The second-order valence-electron chi connectivity index (χ2n) is 5.43. The molecule has 7 heteroatoms. The lowest BCUT2D eigenvalue weighted by Gasteiger charge is -2.23. The van der Waals surface area contributed by atoms with Gasteiger partial charge in [0, 0.05) is 18.8 Å². The van der Waals surface area contributed by atoms with Gasteiger partial charge < -0.3 is 15.8 Å². The quantitative estimate of drug-likeness (QED) is 0.782. The summed E-state index contributed by atoms with van der Waals surface area (Å²) in [5, 5.41) is 2.96. The van der Waals surface area contributed by atoms with E-state index in [0.29, 0.717) is 24.8 Å². The Morgan fingerprint density at radius 2 is 2.36 bits per heavy atom. The van der Waals surface area contributed by atoms with Crippen LogP contribution in [-0.4, -0.2) is 53.1 Å². The van der Waals surface area contributed by atoms with Crippen LogP contribution < -0.4 is 15.8 Å². The van der Waals surface area contributed by atoms with Gasteiger partial charge in [-0.2, -0.15) is 4.98 Å². The standard InChI is InChI=1S/C15H25N5O2/c1-3-8-22-14-12(10-18-15(16)19-14)13(21)17-9-11-6-5-7-20(11)4-2/h10-11H,3-9H2,1-2H3,(H,17,21)(H2,16,18,19)/t11-/m0/s1. The van der Waals surface area contributed by atoms with E-state index >= 15 is 0 Å². The molecule has 0 radical (unpaired) electrons. The number of likely N-dealkylation sites (N-methyl/N-ethyl adjacent to an activating group) is 1. The zero-order chi connectivity index (χ0) is 15.9. The van der Waals surface area contributed by atoms with Gasteiger partial charge in [-0.15, -0.1) is 0 Å². The molecule has 1 aromatic heterocycles. The van der Waals surface area contributed by atoms with Gasteiger partial charge >= 0.3 is 0 Å². The number of nitrogen functional groups attached to an aromatic ring is 1. The second-order valence-corrected chi connectivity index (χ2v) is 5.43. The van der Waals surface area contributed by atoms with Gasteiger partial charge in [-0.3, -0.25) is 9.69 Å². The van der Waals surface area contributed by atoms with Gasteiger partial charge in [0.1, 0.15) is 5.56 Å². The number of hydrogen-bond donors (Lipinski definition) is 2. The molecule has 1 fully saturated rings. The summed E-state index contributed by atoms with van der Waals surface area (Å²) in [5.74, 6) is 0.148. The predicted molar refractivity (Wildman–Crippen MR) is 84.8 cm³/mol. The van der Waals surface area contributed by atoms with Crippen LogP contribution in [0.5, 0.6) is 5.88 Å². The first-order valence-corrected chi connectivity index (χ1v) is 7.93.